The number of hydrogen-bond acceptors (Lipinski definition) is 2. The van der Waals surface area contributed by atoms with Crippen molar-refractivity contribution >= 4 is 0 Å². The van der Waals surface area contributed by atoms with Gasteiger partial charge in [-0.15, -0.1) is 12.3 Å². The Morgan fingerprint density at radius 2 is 2.06 bits per heavy atom. The fourth-order valence-corrected chi connectivity index (χ4v) is 1.55. The van der Waals surface area contributed by atoms with Gasteiger partial charge in [0.25, 0.3) is 0 Å². The van der Waals surface area contributed by atoms with Crippen LogP contribution in [-0.2, 0) is 0 Å². The number of benzene rings is 1. The number of terminal acetylenes is 1. The van der Waals surface area contributed by atoms with Crippen LogP contribution in [0.15, 0.2) is 24.3 Å². The third-order valence-corrected chi connectivity index (χ3v) is 2.67. The smallest absolute Gasteiger partial charge is 0.119 e. The van der Waals surface area contributed by atoms with Crippen LogP contribution in [0.2, 0.25) is 0 Å². The largest absolute Gasteiger partial charge is 0.494 e. The Bertz CT molecular complexity index is 350. The fraction of sp³-hybridized carbons (Fsp3) is 0.467. The van der Waals surface area contributed by atoms with Gasteiger partial charge in [-0.1, -0.05) is 25.5 Å². The van der Waals surface area contributed by atoms with Crippen molar-refractivity contribution < 1.29 is 4.74 Å². The monoisotopic (exact) mass is 231 g/mol. The molecule has 1 aromatic rings. The molecule has 0 aliphatic carbocycles. The lowest BCUT2D eigenvalue weighted by Crippen LogP contribution is -2.09. The molecule has 1 unspecified atom stereocenters. The van der Waals surface area contributed by atoms with Gasteiger partial charge in [0.1, 0.15) is 5.75 Å². The summed E-state index contributed by atoms with van der Waals surface area (Å²) < 4.78 is 5.59. The summed E-state index contributed by atoms with van der Waals surface area (Å²) in [7, 11) is 0. The molecule has 1 atom stereocenters. The first-order valence-electron chi connectivity index (χ1n) is 6.19. The minimum Gasteiger partial charge on any atom is -0.494 e. The number of ether oxygens (including phenoxy) is 1. The first-order chi connectivity index (χ1) is 8.27. The first kappa shape index (κ1) is 13.6. The quantitative estimate of drug-likeness (QED) is 0.577. The minimum atomic E-state index is 0.0238. The van der Waals surface area contributed by atoms with Gasteiger partial charge < -0.3 is 10.5 Å². The SMILES string of the molecule is C#CCCC(N)c1ccc(OCCCC)cc1. The molecule has 2 nitrogen and oxygen atoms in total. The molecule has 0 saturated heterocycles. The molecule has 0 aromatic heterocycles. The molecule has 2 heteroatoms. The summed E-state index contributed by atoms with van der Waals surface area (Å²) in [5.41, 5.74) is 7.13. The van der Waals surface area contributed by atoms with Crippen molar-refractivity contribution in [3.05, 3.63) is 29.8 Å². The van der Waals surface area contributed by atoms with Gasteiger partial charge in [-0.3, -0.25) is 0 Å². The molecule has 1 rings (SSSR count). The molecular formula is C15H21NO. The highest BCUT2D eigenvalue weighted by molar-refractivity contribution is 5.29. The van der Waals surface area contributed by atoms with Crippen LogP contribution in [0.4, 0.5) is 0 Å². The van der Waals surface area contributed by atoms with E-state index in [9.17, 15) is 0 Å². The van der Waals surface area contributed by atoms with E-state index in [1.807, 2.05) is 24.3 Å². The van der Waals surface area contributed by atoms with E-state index < -0.39 is 0 Å². The molecule has 1 aromatic carbocycles. The maximum atomic E-state index is 6.02. The predicted octanol–water partition coefficient (Wildman–Crippen LogP) is 3.28. The Morgan fingerprint density at radius 1 is 1.35 bits per heavy atom. The lowest BCUT2D eigenvalue weighted by atomic mass is 10.0. The third-order valence-electron chi connectivity index (χ3n) is 2.67. The second-order valence-electron chi connectivity index (χ2n) is 4.12. The molecule has 0 amide bonds. The number of hydrogen-bond donors (Lipinski definition) is 1. The zero-order valence-corrected chi connectivity index (χ0v) is 10.5. The summed E-state index contributed by atoms with van der Waals surface area (Å²) >= 11 is 0. The van der Waals surface area contributed by atoms with E-state index in [0.29, 0.717) is 0 Å². The topological polar surface area (TPSA) is 35.2 Å². The van der Waals surface area contributed by atoms with Gasteiger partial charge in [0.15, 0.2) is 0 Å². The average Bonchev–Trinajstić information content (AvgIpc) is 2.37. The second-order valence-corrected chi connectivity index (χ2v) is 4.12. The Hall–Kier alpha value is -1.46. The van der Waals surface area contributed by atoms with Gasteiger partial charge in [0, 0.05) is 12.5 Å². The van der Waals surface area contributed by atoms with Crippen molar-refractivity contribution in [2.45, 2.75) is 38.6 Å². The summed E-state index contributed by atoms with van der Waals surface area (Å²) in [5, 5.41) is 0. The Labute approximate surface area is 104 Å². The van der Waals surface area contributed by atoms with Crippen molar-refractivity contribution in [2.24, 2.45) is 5.73 Å². The van der Waals surface area contributed by atoms with Gasteiger partial charge in [0.2, 0.25) is 0 Å². The van der Waals surface area contributed by atoms with Crippen molar-refractivity contribution in [1.29, 1.82) is 0 Å². The minimum absolute atomic E-state index is 0.0238. The van der Waals surface area contributed by atoms with Gasteiger partial charge in [-0.05, 0) is 30.5 Å². The molecular weight excluding hydrogens is 210 g/mol. The maximum absolute atomic E-state index is 6.02. The van der Waals surface area contributed by atoms with Crippen LogP contribution >= 0.6 is 0 Å². The highest BCUT2D eigenvalue weighted by Gasteiger charge is 2.04. The van der Waals surface area contributed by atoms with E-state index in [4.69, 9.17) is 16.9 Å². The van der Waals surface area contributed by atoms with Crippen molar-refractivity contribution in [3.63, 3.8) is 0 Å². The summed E-state index contributed by atoms with van der Waals surface area (Å²) in [4.78, 5) is 0. The van der Waals surface area contributed by atoms with Crippen molar-refractivity contribution in [1.82, 2.24) is 0 Å². The van der Waals surface area contributed by atoms with Gasteiger partial charge in [-0.25, -0.2) is 0 Å². The van der Waals surface area contributed by atoms with Crippen molar-refractivity contribution in [3.8, 4) is 18.1 Å². The number of nitrogens with two attached hydrogens (primary N) is 1. The van der Waals surface area contributed by atoms with Gasteiger partial charge in [-0.2, -0.15) is 0 Å². The van der Waals surface area contributed by atoms with Crippen LogP contribution < -0.4 is 10.5 Å². The van der Waals surface area contributed by atoms with Crippen molar-refractivity contribution in [2.75, 3.05) is 6.61 Å². The van der Waals surface area contributed by atoms with E-state index in [0.717, 1.165) is 43.6 Å². The third kappa shape index (κ3) is 4.93. The molecule has 0 radical (unpaired) electrons. The normalized spacial score (nSPS) is 11.8. The lowest BCUT2D eigenvalue weighted by Gasteiger charge is -2.11. The summed E-state index contributed by atoms with van der Waals surface area (Å²) in [6.07, 6.45) is 9.00. The highest BCUT2D eigenvalue weighted by Crippen LogP contribution is 2.19. The first-order valence-corrected chi connectivity index (χ1v) is 6.19. The molecule has 0 aliphatic heterocycles. The molecule has 92 valence electrons. The van der Waals surface area contributed by atoms with E-state index in [1.165, 1.54) is 0 Å². The van der Waals surface area contributed by atoms with E-state index in [-0.39, 0.29) is 6.04 Å². The predicted molar refractivity (Wildman–Crippen MR) is 71.8 cm³/mol. The zero-order chi connectivity index (χ0) is 12.5. The van der Waals surface area contributed by atoms with Gasteiger partial charge >= 0.3 is 0 Å². The Kier molecular flexibility index (Phi) is 6.21. The second kappa shape index (κ2) is 7.76. The molecule has 0 aliphatic rings. The summed E-state index contributed by atoms with van der Waals surface area (Å²) in [6, 6.07) is 8.00. The molecule has 0 spiro atoms. The Morgan fingerprint density at radius 3 is 2.65 bits per heavy atom. The standard InChI is InChI=1S/C15H21NO/c1-3-5-7-15(16)13-8-10-14(11-9-13)17-12-6-4-2/h1,8-11,15H,4-7,12,16H2,2H3. The van der Waals surface area contributed by atoms with Crippen LogP contribution in [0, 0.1) is 12.3 Å². The van der Waals surface area contributed by atoms with Crippen LogP contribution in [-0.4, -0.2) is 6.61 Å². The summed E-state index contributed by atoms with van der Waals surface area (Å²) in [6.45, 7) is 2.93. The molecule has 0 heterocycles. The molecule has 2 N–H and O–H groups in total. The van der Waals surface area contributed by atoms with Crippen LogP contribution in [0.5, 0.6) is 5.75 Å². The highest BCUT2D eigenvalue weighted by atomic mass is 16.5. The van der Waals surface area contributed by atoms with Gasteiger partial charge in [0.05, 0.1) is 6.61 Å². The van der Waals surface area contributed by atoms with E-state index in [1.54, 1.807) is 0 Å². The molecule has 0 saturated carbocycles. The van der Waals surface area contributed by atoms with E-state index in [2.05, 4.69) is 12.8 Å². The molecule has 0 fully saturated rings. The van der Waals surface area contributed by atoms with Crippen LogP contribution in [0.3, 0.4) is 0 Å². The molecule has 17 heavy (non-hydrogen) atoms. The lowest BCUT2D eigenvalue weighted by molar-refractivity contribution is 0.309. The number of unbranched alkanes of at least 4 members (excludes halogenated alkanes) is 1. The maximum Gasteiger partial charge on any atom is 0.119 e. The number of rotatable bonds is 7. The van der Waals surface area contributed by atoms with E-state index >= 15 is 0 Å². The zero-order valence-electron chi connectivity index (χ0n) is 10.5. The molecule has 0 bridgehead atoms. The fourth-order valence-electron chi connectivity index (χ4n) is 1.55. The van der Waals surface area contributed by atoms with Crippen LogP contribution in [0.1, 0.15) is 44.2 Å². The van der Waals surface area contributed by atoms with Crippen LogP contribution in [0.25, 0.3) is 0 Å². The Balaban J connectivity index is 2.46. The average molecular weight is 231 g/mol. The summed E-state index contributed by atoms with van der Waals surface area (Å²) in [5.74, 6) is 3.52.